The molecule has 0 amide bonds. The van der Waals surface area contributed by atoms with E-state index in [0.29, 0.717) is 35.9 Å². The smallest absolute Gasteiger partial charge is 0.251 e. The van der Waals surface area contributed by atoms with Gasteiger partial charge in [0.05, 0.1) is 22.9 Å². The molecular formula is C22H25F2N5O. The summed E-state index contributed by atoms with van der Waals surface area (Å²) < 4.78 is 28.8. The Morgan fingerprint density at radius 3 is 2.67 bits per heavy atom. The molecule has 30 heavy (non-hydrogen) atoms. The van der Waals surface area contributed by atoms with E-state index in [9.17, 15) is 13.6 Å². The van der Waals surface area contributed by atoms with Crippen molar-refractivity contribution in [2.75, 3.05) is 19.6 Å². The highest BCUT2D eigenvalue weighted by Crippen LogP contribution is 2.14. The summed E-state index contributed by atoms with van der Waals surface area (Å²) in [5.74, 6) is -0.722. The topological polar surface area (TPSA) is 63.1 Å². The summed E-state index contributed by atoms with van der Waals surface area (Å²) in [6.07, 6.45) is 4.82. The fraction of sp³-hybridized carbons (Fsp3) is 0.409. The van der Waals surface area contributed by atoms with E-state index in [-0.39, 0.29) is 11.4 Å². The molecule has 1 N–H and O–H groups in total. The highest BCUT2D eigenvalue weighted by Gasteiger charge is 2.19. The van der Waals surface area contributed by atoms with Gasteiger partial charge in [-0.3, -0.25) is 14.8 Å². The first-order valence-corrected chi connectivity index (χ1v) is 10.2. The van der Waals surface area contributed by atoms with Crippen LogP contribution in [0.5, 0.6) is 0 Å². The average Bonchev–Trinajstić information content (AvgIpc) is 2.74. The minimum Gasteiger partial charge on any atom is -0.310 e. The van der Waals surface area contributed by atoms with Crippen LogP contribution in [0.3, 0.4) is 0 Å². The number of fused-ring (bicyclic) bond motifs is 1. The molecule has 0 radical (unpaired) electrons. The third-order valence-corrected chi connectivity index (χ3v) is 5.71. The summed E-state index contributed by atoms with van der Waals surface area (Å²) in [5, 5.41) is 3.48. The molecule has 4 rings (SSSR count). The van der Waals surface area contributed by atoms with Crippen molar-refractivity contribution in [3.05, 3.63) is 69.9 Å². The molecule has 1 aliphatic heterocycles. The van der Waals surface area contributed by atoms with Crippen LogP contribution in [0, 0.1) is 18.6 Å². The number of pyridine rings is 3. The molecule has 0 atom stereocenters. The maximum absolute atomic E-state index is 13.6. The number of nitrogens with zero attached hydrogens (tertiary/aromatic N) is 4. The molecule has 1 aliphatic rings. The van der Waals surface area contributed by atoms with E-state index >= 15 is 0 Å². The molecule has 4 heterocycles. The highest BCUT2D eigenvalue weighted by atomic mass is 19.1. The predicted molar refractivity (Wildman–Crippen MR) is 111 cm³/mol. The molecule has 3 aromatic heterocycles. The number of aromatic nitrogens is 3. The maximum Gasteiger partial charge on any atom is 0.251 e. The number of aryl methyl sites for hydroxylation is 1. The van der Waals surface area contributed by atoms with E-state index in [1.54, 1.807) is 23.8 Å². The Morgan fingerprint density at radius 2 is 1.90 bits per heavy atom. The summed E-state index contributed by atoms with van der Waals surface area (Å²) >= 11 is 0. The Labute approximate surface area is 173 Å². The number of halogens is 2. The molecule has 8 heteroatoms. The van der Waals surface area contributed by atoms with Crippen molar-refractivity contribution in [3.8, 4) is 0 Å². The zero-order chi connectivity index (χ0) is 21.1. The number of nitrogens with one attached hydrogen (secondary N) is 1. The van der Waals surface area contributed by atoms with Crippen LogP contribution >= 0.6 is 0 Å². The van der Waals surface area contributed by atoms with Gasteiger partial charge in [-0.25, -0.2) is 8.78 Å². The fourth-order valence-corrected chi connectivity index (χ4v) is 3.88. The standard InChI is InChI=1S/C22H25F2N5O/c1-15-19(24)10-16(12-25-15)13-26-18-4-6-28(7-5-18)8-9-29-21-11-17(23)14-27-20(21)2-3-22(29)30/h2-3,10-12,14,18,26H,4-9,13H2,1H3. The second-order valence-electron chi connectivity index (χ2n) is 7.79. The van der Waals surface area contributed by atoms with Crippen LogP contribution in [0.25, 0.3) is 11.0 Å². The lowest BCUT2D eigenvalue weighted by molar-refractivity contribution is 0.191. The fourth-order valence-electron chi connectivity index (χ4n) is 3.88. The second kappa shape index (κ2) is 8.97. The van der Waals surface area contributed by atoms with Gasteiger partial charge < -0.3 is 14.8 Å². The lowest BCUT2D eigenvalue weighted by Crippen LogP contribution is -2.43. The number of hydrogen-bond acceptors (Lipinski definition) is 5. The van der Waals surface area contributed by atoms with Crippen LogP contribution in [0.15, 0.2) is 41.5 Å². The average molecular weight is 413 g/mol. The SMILES string of the molecule is Cc1ncc(CNC2CCN(CCn3c(=O)ccc4ncc(F)cc43)CC2)cc1F. The first-order valence-electron chi connectivity index (χ1n) is 10.2. The van der Waals surface area contributed by atoms with Gasteiger partial charge in [0, 0.05) is 44.0 Å². The van der Waals surface area contributed by atoms with Crippen molar-refractivity contribution in [2.24, 2.45) is 0 Å². The van der Waals surface area contributed by atoms with E-state index in [4.69, 9.17) is 0 Å². The van der Waals surface area contributed by atoms with Gasteiger partial charge in [-0.15, -0.1) is 0 Å². The highest BCUT2D eigenvalue weighted by molar-refractivity contribution is 5.74. The summed E-state index contributed by atoms with van der Waals surface area (Å²) in [7, 11) is 0. The third-order valence-electron chi connectivity index (χ3n) is 5.71. The lowest BCUT2D eigenvalue weighted by atomic mass is 10.0. The minimum atomic E-state index is -0.447. The Hall–Kier alpha value is -2.71. The lowest BCUT2D eigenvalue weighted by Gasteiger charge is -2.32. The summed E-state index contributed by atoms with van der Waals surface area (Å²) in [4.78, 5) is 22.7. The molecule has 0 aliphatic carbocycles. The number of hydrogen-bond donors (Lipinski definition) is 1. The summed E-state index contributed by atoms with van der Waals surface area (Å²) in [6.45, 7) is 5.28. The van der Waals surface area contributed by atoms with Gasteiger partial charge in [-0.1, -0.05) is 0 Å². The van der Waals surface area contributed by atoms with Crippen molar-refractivity contribution < 1.29 is 8.78 Å². The van der Waals surface area contributed by atoms with Gasteiger partial charge in [0.25, 0.3) is 5.56 Å². The number of likely N-dealkylation sites (tertiary alicyclic amines) is 1. The molecule has 1 fully saturated rings. The normalized spacial score (nSPS) is 15.7. The Morgan fingerprint density at radius 1 is 1.10 bits per heavy atom. The van der Waals surface area contributed by atoms with Crippen LogP contribution in [-0.2, 0) is 13.1 Å². The van der Waals surface area contributed by atoms with Gasteiger partial charge in [-0.05, 0) is 50.6 Å². The summed E-state index contributed by atoms with van der Waals surface area (Å²) in [5.41, 5.74) is 2.25. The van der Waals surface area contributed by atoms with Crippen molar-refractivity contribution in [3.63, 3.8) is 0 Å². The van der Waals surface area contributed by atoms with Crippen molar-refractivity contribution in [2.45, 2.75) is 38.9 Å². The van der Waals surface area contributed by atoms with Gasteiger partial charge in [0.15, 0.2) is 0 Å². The molecular weight excluding hydrogens is 388 g/mol. The largest absolute Gasteiger partial charge is 0.310 e. The van der Waals surface area contributed by atoms with Crippen molar-refractivity contribution in [1.29, 1.82) is 0 Å². The van der Waals surface area contributed by atoms with Crippen LogP contribution in [0.2, 0.25) is 0 Å². The van der Waals surface area contributed by atoms with Crippen LogP contribution in [0.4, 0.5) is 8.78 Å². The van der Waals surface area contributed by atoms with E-state index in [2.05, 4.69) is 20.2 Å². The van der Waals surface area contributed by atoms with E-state index in [1.165, 1.54) is 18.2 Å². The van der Waals surface area contributed by atoms with E-state index in [1.807, 2.05) is 0 Å². The zero-order valence-corrected chi connectivity index (χ0v) is 16.9. The minimum absolute atomic E-state index is 0.148. The molecule has 0 spiro atoms. The Kier molecular flexibility index (Phi) is 6.15. The quantitative estimate of drug-likeness (QED) is 0.673. The van der Waals surface area contributed by atoms with Gasteiger partial charge in [0.1, 0.15) is 11.6 Å². The molecule has 3 aromatic rings. The van der Waals surface area contributed by atoms with Gasteiger partial charge >= 0.3 is 0 Å². The number of rotatable bonds is 6. The summed E-state index contributed by atoms with van der Waals surface area (Å²) in [6, 6.07) is 6.36. The molecule has 0 bridgehead atoms. The molecule has 0 saturated carbocycles. The van der Waals surface area contributed by atoms with E-state index < -0.39 is 5.82 Å². The zero-order valence-electron chi connectivity index (χ0n) is 16.9. The van der Waals surface area contributed by atoms with Gasteiger partial charge in [-0.2, -0.15) is 0 Å². The first-order chi connectivity index (χ1) is 14.5. The Bertz CT molecular complexity index is 1090. The monoisotopic (exact) mass is 413 g/mol. The van der Waals surface area contributed by atoms with Gasteiger partial charge in [0.2, 0.25) is 0 Å². The molecule has 0 aromatic carbocycles. The second-order valence-corrected chi connectivity index (χ2v) is 7.79. The molecule has 158 valence electrons. The van der Waals surface area contributed by atoms with Crippen molar-refractivity contribution in [1.82, 2.24) is 24.8 Å². The van der Waals surface area contributed by atoms with Crippen LogP contribution < -0.4 is 10.9 Å². The Balaban J connectivity index is 1.30. The molecule has 1 saturated heterocycles. The molecule has 6 nitrogen and oxygen atoms in total. The predicted octanol–water partition coefficient (Wildman–Crippen LogP) is 2.63. The third kappa shape index (κ3) is 4.71. The van der Waals surface area contributed by atoms with Crippen LogP contribution in [0.1, 0.15) is 24.1 Å². The number of piperidine rings is 1. The van der Waals surface area contributed by atoms with Crippen molar-refractivity contribution >= 4 is 11.0 Å². The van der Waals surface area contributed by atoms with Crippen LogP contribution in [-0.4, -0.2) is 45.1 Å². The van der Waals surface area contributed by atoms with E-state index in [0.717, 1.165) is 44.2 Å². The maximum atomic E-state index is 13.6. The first kappa shape index (κ1) is 20.6. The molecule has 0 unspecified atom stereocenters.